The van der Waals surface area contributed by atoms with Gasteiger partial charge in [0.1, 0.15) is 6.61 Å². The molecular weight excluding hydrogens is 206 g/mol. The van der Waals surface area contributed by atoms with Gasteiger partial charge in [-0.15, -0.1) is 0 Å². The van der Waals surface area contributed by atoms with Crippen LogP contribution in [0.1, 0.15) is 13.8 Å². The summed E-state index contributed by atoms with van der Waals surface area (Å²) in [6, 6.07) is 0.324. The molecule has 1 saturated carbocycles. The van der Waals surface area contributed by atoms with Gasteiger partial charge in [0.15, 0.2) is 5.90 Å². The largest absolute Gasteiger partial charge is 0.478 e. The third kappa shape index (κ3) is 2.32. The molecular formula is C12H16NOS. The molecule has 1 atom stereocenters. The number of hydrogen-bond donors (Lipinski definition) is 0. The number of nitrogens with zero attached hydrogens (tertiary/aromatic N) is 1. The van der Waals surface area contributed by atoms with Crippen LogP contribution in [0, 0.1) is 36.3 Å². The lowest BCUT2D eigenvalue weighted by Crippen LogP contribution is -2.14. The van der Waals surface area contributed by atoms with E-state index in [4.69, 9.17) is 4.74 Å². The highest BCUT2D eigenvalue weighted by Gasteiger charge is 2.37. The second kappa shape index (κ2) is 4.77. The van der Waals surface area contributed by atoms with E-state index in [0.29, 0.717) is 12.0 Å². The van der Waals surface area contributed by atoms with Gasteiger partial charge in [-0.25, -0.2) is 4.99 Å². The monoisotopic (exact) mass is 222 g/mol. The van der Waals surface area contributed by atoms with E-state index in [1.165, 1.54) is 5.25 Å². The molecule has 0 aromatic carbocycles. The highest BCUT2D eigenvalue weighted by Crippen LogP contribution is 2.42. The van der Waals surface area contributed by atoms with E-state index in [0.717, 1.165) is 18.4 Å². The molecule has 2 rings (SSSR count). The maximum atomic E-state index is 5.65. The Bertz CT molecular complexity index is 252. The smallest absolute Gasteiger partial charge is 0.193 e. The molecule has 2 nitrogen and oxygen atoms in total. The van der Waals surface area contributed by atoms with Crippen molar-refractivity contribution >= 4 is 17.7 Å². The minimum atomic E-state index is 0.324. The maximum absolute atomic E-state index is 5.65. The van der Waals surface area contributed by atoms with E-state index in [1.54, 1.807) is 11.8 Å². The third-order valence-electron chi connectivity index (χ3n) is 2.67. The van der Waals surface area contributed by atoms with Gasteiger partial charge in [0.05, 0.1) is 17.2 Å². The first-order valence-electron chi connectivity index (χ1n) is 5.23. The van der Waals surface area contributed by atoms with Crippen LogP contribution in [0.3, 0.4) is 0 Å². The Kier molecular flexibility index (Phi) is 3.60. The van der Waals surface area contributed by atoms with Crippen molar-refractivity contribution in [3.8, 4) is 0 Å². The fourth-order valence-corrected chi connectivity index (χ4v) is 2.23. The number of ether oxygens (including phenoxy) is 1. The standard InChI is InChI=1S/C12H16NOS/c1-8(2)10-7-14-12(13-10)9-5-4-6-11(9)15-3/h4-6,8,10H,7H2,1-3H3/t10-/m1/s1. The molecule has 0 unspecified atom stereocenters. The van der Waals surface area contributed by atoms with Crippen molar-refractivity contribution in [2.75, 3.05) is 12.9 Å². The van der Waals surface area contributed by atoms with E-state index < -0.39 is 0 Å². The van der Waals surface area contributed by atoms with Gasteiger partial charge in [0, 0.05) is 0 Å². The minimum Gasteiger partial charge on any atom is -0.478 e. The van der Waals surface area contributed by atoms with Crippen LogP contribution in [0.25, 0.3) is 0 Å². The van der Waals surface area contributed by atoms with Crippen LogP contribution >= 0.6 is 11.8 Å². The Labute approximate surface area is 96.9 Å². The molecule has 0 saturated heterocycles. The van der Waals surface area contributed by atoms with Crippen LogP contribution in [-0.2, 0) is 4.74 Å². The molecule has 81 valence electrons. The Morgan fingerprint density at radius 1 is 1.47 bits per heavy atom. The number of rotatable bonds is 3. The zero-order valence-electron chi connectivity index (χ0n) is 9.36. The van der Waals surface area contributed by atoms with Crippen molar-refractivity contribution in [3.63, 3.8) is 0 Å². The fraction of sp³-hybridized carbons (Fsp3) is 0.500. The van der Waals surface area contributed by atoms with Gasteiger partial charge in [0.2, 0.25) is 0 Å². The van der Waals surface area contributed by atoms with Gasteiger partial charge >= 0.3 is 0 Å². The van der Waals surface area contributed by atoms with Crippen LogP contribution in [0.5, 0.6) is 0 Å². The predicted molar refractivity (Wildman–Crippen MR) is 64.9 cm³/mol. The van der Waals surface area contributed by atoms with Crippen molar-refractivity contribution in [3.05, 3.63) is 30.4 Å². The predicted octanol–water partition coefficient (Wildman–Crippen LogP) is 2.54. The van der Waals surface area contributed by atoms with Crippen molar-refractivity contribution in [2.45, 2.75) is 19.9 Å². The van der Waals surface area contributed by atoms with Crippen molar-refractivity contribution in [1.29, 1.82) is 0 Å². The zero-order valence-corrected chi connectivity index (χ0v) is 10.2. The molecule has 0 amide bonds. The Morgan fingerprint density at radius 2 is 2.27 bits per heavy atom. The molecule has 0 N–H and O–H groups in total. The lowest BCUT2D eigenvalue weighted by Gasteiger charge is -2.14. The molecule has 1 aliphatic heterocycles. The minimum absolute atomic E-state index is 0.324. The summed E-state index contributed by atoms with van der Waals surface area (Å²) in [5, 5.41) is 1.25. The first-order chi connectivity index (χ1) is 7.22. The first kappa shape index (κ1) is 11.3. The van der Waals surface area contributed by atoms with E-state index in [9.17, 15) is 0 Å². The van der Waals surface area contributed by atoms with Gasteiger partial charge in [-0.05, 0) is 31.4 Å². The molecule has 0 aromatic heterocycles. The van der Waals surface area contributed by atoms with Crippen molar-refractivity contribution in [1.82, 2.24) is 0 Å². The highest BCUT2D eigenvalue weighted by atomic mass is 32.2. The summed E-state index contributed by atoms with van der Waals surface area (Å²) in [5.41, 5.74) is 0. The average Bonchev–Trinajstić information content (AvgIpc) is 2.85. The fourth-order valence-electron chi connectivity index (χ4n) is 1.64. The molecule has 0 bridgehead atoms. The molecule has 0 aromatic rings. The highest BCUT2D eigenvalue weighted by molar-refractivity contribution is 8.01. The van der Waals surface area contributed by atoms with Crippen LogP contribution in [0.15, 0.2) is 4.99 Å². The topological polar surface area (TPSA) is 21.6 Å². The quantitative estimate of drug-likeness (QED) is 0.732. The third-order valence-corrected chi connectivity index (χ3v) is 3.47. The normalized spacial score (nSPS) is 28.5. The summed E-state index contributed by atoms with van der Waals surface area (Å²) in [5.74, 6) is 2.52. The molecule has 1 heterocycles. The summed E-state index contributed by atoms with van der Waals surface area (Å²) >= 11 is 1.74. The number of hydrogen-bond acceptors (Lipinski definition) is 3. The second-order valence-corrected chi connectivity index (χ2v) is 4.91. The molecule has 0 spiro atoms. The molecule has 5 radical (unpaired) electrons. The van der Waals surface area contributed by atoms with Crippen LogP contribution in [0.2, 0.25) is 0 Å². The summed E-state index contributed by atoms with van der Waals surface area (Å²) in [6.07, 6.45) is 8.31. The Balaban J connectivity index is 2.02. The van der Waals surface area contributed by atoms with Crippen LogP contribution < -0.4 is 0 Å². The molecule has 3 heteroatoms. The van der Waals surface area contributed by atoms with E-state index in [1.807, 2.05) is 0 Å². The van der Waals surface area contributed by atoms with Crippen molar-refractivity contribution in [2.24, 2.45) is 10.9 Å². The van der Waals surface area contributed by atoms with E-state index in [-0.39, 0.29) is 0 Å². The van der Waals surface area contributed by atoms with Gasteiger partial charge in [-0.2, -0.15) is 11.8 Å². The van der Waals surface area contributed by atoms with Gasteiger partial charge < -0.3 is 4.74 Å². The average molecular weight is 222 g/mol. The van der Waals surface area contributed by atoms with Crippen LogP contribution in [-0.4, -0.2) is 24.8 Å². The SMILES string of the molecule is CS[C]1[CH][CH][CH][C]1C1=N[C@@H](C(C)C)CO1. The van der Waals surface area contributed by atoms with Gasteiger partial charge in [-0.3, -0.25) is 0 Å². The summed E-state index contributed by atoms with van der Waals surface area (Å²) in [7, 11) is 0. The van der Waals surface area contributed by atoms with E-state index >= 15 is 0 Å². The lowest BCUT2D eigenvalue weighted by molar-refractivity contribution is 0.289. The molecule has 1 fully saturated rings. The Morgan fingerprint density at radius 3 is 2.87 bits per heavy atom. The maximum Gasteiger partial charge on any atom is 0.193 e. The summed E-state index contributed by atoms with van der Waals surface area (Å²) in [4.78, 5) is 4.62. The number of thioether (sulfide) groups is 1. The van der Waals surface area contributed by atoms with Gasteiger partial charge in [0.25, 0.3) is 0 Å². The lowest BCUT2D eigenvalue weighted by atomic mass is 10.1. The first-order valence-corrected chi connectivity index (χ1v) is 6.45. The summed E-state index contributed by atoms with van der Waals surface area (Å²) < 4.78 is 5.65. The molecule has 15 heavy (non-hydrogen) atoms. The molecule has 2 aliphatic rings. The number of aliphatic imine (C=N–C) groups is 1. The molecule has 1 aliphatic carbocycles. The Hall–Kier alpha value is -0.180. The van der Waals surface area contributed by atoms with Gasteiger partial charge in [-0.1, -0.05) is 13.8 Å². The zero-order chi connectivity index (χ0) is 10.8. The summed E-state index contributed by atoms with van der Waals surface area (Å²) in [6.45, 7) is 5.09. The second-order valence-electron chi connectivity index (χ2n) is 4.06. The van der Waals surface area contributed by atoms with Crippen molar-refractivity contribution < 1.29 is 4.74 Å². The van der Waals surface area contributed by atoms with Crippen LogP contribution in [0.4, 0.5) is 0 Å². The van der Waals surface area contributed by atoms with E-state index in [2.05, 4.69) is 44.4 Å².